The monoisotopic (exact) mass is 485 g/mol. The molecular formula is C32H31B2O3. The molecule has 1 unspecified atom stereocenters. The first-order valence-corrected chi connectivity index (χ1v) is 12.6. The van der Waals surface area contributed by atoms with Crippen LogP contribution >= 0.6 is 0 Å². The Labute approximate surface area is 222 Å². The van der Waals surface area contributed by atoms with Gasteiger partial charge in [-0.15, -0.1) is 0 Å². The number of aryl methyl sites for hydroxylation is 1. The van der Waals surface area contributed by atoms with Gasteiger partial charge in [0.15, 0.2) is 0 Å². The fourth-order valence-corrected chi connectivity index (χ4v) is 5.35. The molecule has 0 spiro atoms. The van der Waals surface area contributed by atoms with Crippen LogP contribution in [0.15, 0.2) is 84.9 Å². The zero-order valence-electron chi connectivity index (χ0n) is 21.9. The van der Waals surface area contributed by atoms with E-state index >= 15 is 0 Å². The molecule has 1 N–H and O–H groups in total. The molecule has 0 amide bonds. The van der Waals surface area contributed by atoms with E-state index in [2.05, 4.69) is 73.7 Å². The average molecular weight is 485 g/mol. The molecule has 0 fully saturated rings. The van der Waals surface area contributed by atoms with Crippen LogP contribution in [-0.4, -0.2) is 40.8 Å². The molecule has 5 heteroatoms. The zero-order valence-corrected chi connectivity index (χ0v) is 21.9. The molecule has 0 aromatic heterocycles. The van der Waals surface area contributed by atoms with E-state index in [1.165, 1.54) is 16.7 Å². The van der Waals surface area contributed by atoms with Gasteiger partial charge in [0.25, 0.3) is 0 Å². The Kier molecular flexibility index (Phi) is 6.78. The maximum absolute atomic E-state index is 9.67. The summed E-state index contributed by atoms with van der Waals surface area (Å²) < 4.78 is 11.5. The lowest BCUT2D eigenvalue weighted by Gasteiger charge is -2.34. The van der Waals surface area contributed by atoms with Crippen molar-refractivity contribution in [2.45, 2.75) is 26.2 Å². The highest BCUT2D eigenvalue weighted by Gasteiger charge is 2.46. The zero-order chi connectivity index (χ0) is 26.2. The van der Waals surface area contributed by atoms with E-state index in [-0.39, 0.29) is 12.0 Å². The van der Waals surface area contributed by atoms with Crippen LogP contribution in [0.3, 0.4) is 0 Å². The van der Waals surface area contributed by atoms with Gasteiger partial charge in [-0.1, -0.05) is 97.7 Å². The summed E-state index contributed by atoms with van der Waals surface area (Å²) in [5.41, 5.74) is 8.96. The second kappa shape index (κ2) is 9.89. The Hall–Kier alpha value is -3.27. The predicted molar refractivity (Wildman–Crippen MR) is 153 cm³/mol. The van der Waals surface area contributed by atoms with E-state index in [1.54, 1.807) is 7.11 Å². The number of methoxy groups -OCH3 is 1. The second-order valence-electron chi connectivity index (χ2n) is 10.7. The topological polar surface area (TPSA) is 38.7 Å². The van der Waals surface area contributed by atoms with Crippen LogP contribution in [0.1, 0.15) is 41.7 Å². The van der Waals surface area contributed by atoms with E-state index in [0.717, 1.165) is 38.9 Å². The van der Waals surface area contributed by atoms with Crippen molar-refractivity contribution in [3.63, 3.8) is 0 Å². The number of ether oxygens (including phenoxy) is 1. The molecule has 0 heterocycles. The van der Waals surface area contributed by atoms with Gasteiger partial charge in [0, 0.05) is 12.0 Å². The van der Waals surface area contributed by atoms with Crippen molar-refractivity contribution in [1.29, 1.82) is 0 Å². The van der Waals surface area contributed by atoms with Crippen LogP contribution in [0, 0.1) is 12.3 Å². The lowest BCUT2D eigenvalue weighted by Crippen LogP contribution is -2.31. The van der Waals surface area contributed by atoms with Gasteiger partial charge in [0.05, 0.1) is 19.1 Å². The van der Waals surface area contributed by atoms with Crippen LogP contribution in [-0.2, 0) is 10.1 Å². The van der Waals surface area contributed by atoms with Crippen LogP contribution in [0.25, 0.3) is 11.1 Å². The average Bonchev–Trinajstić information content (AvgIpc) is 3.20. The van der Waals surface area contributed by atoms with Gasteiger partial charge in [-0.05, 0) is 57.9 Å². The van der Waals surface area contributed by atoms with Crippen LogP contribution < -0.4 is 15.7 Å². The summed E-state index contributed by atoms with van der Waals surface area (Å²) >= 11 is 0. The Morgan fingerprint density at radius 2 is 1.57 bits per heavy atom. The number of hydrogen-bond acceptors (Lipinski definition) is 3. The minimum absolute atomic E-state index is 0.0594. The molecule has 3 radical (unpaired) electrons. The summed E-state index contributed by atoms with van der Waals surface area (Å²) in [6.45, 7) is 6.56. The molecule has 0 saturated carbocycles. The molecule has 1 aliphatic rings. The van der Waals surface area contributed by atoms with Gasteiger partial charge in [0.2, 0.25) is 0 Å². The van der Waals surface area contributed by atoms with E-state index in [9.17, 15) is 5.11 Å². The van der Waals surface area contributed by atoms with Crippen molar-refractivity contribution in [2.24, 2.45) is 5.41 Å². The summed E-state index contributed by atoms with van der Waals surface area (Å²) in [5.74, 6) is 0.816. The van der Waals surface area contributed by atoms with Gasteiger partial charge >= 0.3 is 7.48 Å². The van der Waals surface area contributed by atoms with Crippen molar-refractivity contribution >= 4 is 26.3 Å². The predicted octanol–water partition coefficient (Wildman–Crippen LogP) is 4.44. The maximum Gasteiger partial charge on any atom is 0.330 e. The van der Waals surface area contributed by atoms with E-state index in [1.807, 2.05) is 39.5 Å². The van der Waals surface area contributed by atoms with E-state index < -0.39 is 5.41 Å². The smallest absolute Gasteiger partial charge is 0.330 e. The molecule has 3 nitrogen and oxygen atoms in total. The lowest BCUT2D eigenvalue weighted by atomic mass is 9.66. The summed E-state index contributed by atoms with van der Waals surface area (Å²) in [6, 6.07) is 29.7. The SMILES string of the molecule is [B]c1ccc2c(c1)C(c1ccc(C)cc1)(c1ccc(OC)cc1)c1cccc([B]OCC(C)(C)CO)c1-2. The Morgan fingerprint density at radius 1 is 0.892 bits per heavy atom. The molecule has 0 bridgehead atoms. The van der Waals surface area contributed by atoms with E-state index in [4.69, 9.17) is 17.2 Å². The number of hydrogen-bond donors (Lipinski definition) is 1. The number of fused-ring (bicyclic) bond motifs is 3. The largest absolute Gasteiger partial charge is 0.497 e. The van der Waals surface area contributed by atoms with Gasteiger partial charge in [-0.25, -0.2) is 0 Å². The highest BCUT2D eigenvalue weighted by Crippen LogP contribution is 2.55. The first kappa shape index (κ1) is 25.4. The molecule has 0 saturated heterocycles. The van der Waals surface area contributed by atoms with Crippen molar-refractivity contribution in [1.82, 2.24) is 0 Å². The number of aliphatic hydroxyl groups excluding tert-OH is 1. The van der Waals surface area contributed by atoms with Gasteiger partial charge in [-0.3, -0.25) is 0 Å². The molecule has 4 aromatic rings. The maximum atomic E-state index is 9.67. The number of benzene rings is 4. The third kappa shape index (κ3) is 4.41. The van der Waals surface area contributed by atoms with Crippen LogP contribution in [0.2, 0.25) is 0 Å². The molecule has 1 atom stereocenters. The fourth-order valence-electron chi connectivity index (χ4n) is 5.35. The van der Waals surface area contributed by atoms with Gasteiger partial charge in [-0.2, -0.15) is 0 Å². The quantitative estimate of drug-likeness (QED) is 0.331. The van der Waals surface area contributed by atoms with Crippen LogP contribution in [0.5, 0.6) is 5.75 Å². The van der Waals surface area contributed by atoms with E-state index in [0.29, 0.717) is 6.61 Å². The minimum atomic E-state index is -0.561. The van der Waals surface area contributed by atoms with Gasteiger partial charge in [0.1, 0.15) is 13.6 Å². The molecule has 5 rings (SSSR count). The first-order valence-electron chi connectivity index (χ1n) is 12.6. The van der Waals surface area contributed by atoms with Crippen molar-refractivity contribution < 1.29 is 14.5 Å². The molecule has 1 aliphatic carbocycles. The molecule has 37 heavy (non-hydrogen) atoms. The summed E-state index contributed by atoms with van der Waals surface area (Å²) in [5, 5.41) is 9.67. The number of rotatable bonds is 8. The Balaban J connectivity index is 1.77. The normalized spacial score (nSPS) is 16.2. The van der Waals surface area contributed by atoms with Crippen molar-refractivity contribution in [3.8, 4) is 16.9 Å². The third-order valence-electron chi connectivity index (χ3n) is 7.34. The summed E-state index contributed by atoms with van der Waals surface area (Å²) in [7, 11) is 9.93. The minimum Gasteiger partial charge on any atom is -0.497 e. The van der Waals surface area contributed by atoms with Gasteiger partial charge < -0.3 is 14.5 Å². The highest BCUT2D eigenvalue weighted by molar-refractivity contribution is 6.50. The molecule has 183 valence electrons. The molecule has 0 aliphatic heterocycles. The number of aliphatic hydroxyl groups is 1. The third-order valence-corrected chi connectivity index (χ3v) is 7.34. The Bertz CT molecular complexity index is 1410. The van der Waals surface area contributed by atoms with Crippen molar-refractivity contribution in [2.75, 3.05) is 20.3 Å². The molecule has 4 aromatic carbocycles. The summed E-state index contributed by atoms with van der Waals surface area (Å²) in [6.07, 6.45) is 0. The second-order valence-corrected chi connectivity index (χ2v) is 10.7. The lowest BCUT2D eigenvalue weighted by molar-refractivity contribution is 0.101. The summed E-state index contributed by atoms with van der Waals surface area (Å²) in [4.78, 5) is 0. The molecular weight excluding hydrogens is 454 g/mol. The van der Waals surface area contributed by atoms with Crippen molar-refractivity contribution in [3.05, 3.63) is 113 Å². The Morgan fingerprint density at radius 3 is 2.22 bits per heavy atom. The van der Waals surface area contributed by atoms with Crippen LogP contribution in [0.4, 0.5) is 0 Å². The fraction of sp³-hybridized carbons (Fsp3) is 0.250. The highest BCUT2D eigenvalue weighted by atomic mass is 16.5. The first-order chi connectivity index (χ1) is 17.8. The standard InChI is InChI=1S/C32H31B2O3/c1-21-8-10-22(11-9-21)32(23-12-15-25(36-4)16-13-23)27-6-5-7-29(34-37-20-31(2,3)19-35)30(27)26-17-14-24(33)18-28(26)32/h5-18,35H,19-20H2,1-4H3.